The van der Waals surface area contributed by atoms with Crippen LogP contribution in [0.1, 0.15) is 67.0 Å². The van der Waals surface area contributed by atoms with Crippen LogP contribution >= 0.6 is 0 Å². The number of nitrogens with zero attached hydrogens (tertiary/aromatic N) is 4. The van der Waals surface area contributed by atoms with Gasteiger partial charge in [0, 0.05) is 12.5 Å². The summed E-state index contributed by atoms with van der Waals surface area (Å²) in [6.45, 7) is 11.0. The number of nitrogens with one attached hydrogen (secondary N) is 1. The minimum absolute atomic E-state index is 0.0671. The number of hydrogen-bond acceptors (Lipinski definition) is 11. The molecule has 1 saturated carbocycles. The zero-order chi connectivity index (χ0) is 27.2. The van der Waals surface area contributed by atoms with E-state index in [4.69, 9.17) is 23.7 Å². The highest BCUT2D eigenvalue weighted by atomic mass is 16.8. The largest absolute Gasteiger partial charge is 0.463 e. The molecule has 6 atom stereocenters. The van der Waals surface area contributed by atoms with Crippen molar-refractivity contribution >= 4 is 28.8 Å². The summed E-state index contributed by atoms with van der Waals surface area (Å²) in [6.07, 6.45) is 3.65. The van der Waals surface area contributed by atoms with Crippen LogP contribution in [0.25, 0.3) is 11.0 Å². The number of rotatable bonds is 8. The average molecular weight is 532 g/mol. The fraction of sp³-hybridized carbons (Fsp3) is 0.731. The summed E-state index contributed by atoms with van der Waals surface area (Å²) in [5.74, 6) is -1.10. The molecular weight excluding hydrogens is 494 g/mol. The number of carbonyl (C=O) groups is 2. The molecule has 0 unspecified atom stereocenters. The van der Waals surface area contributed by atoms with Gasteiger partial charge in [0.15, 0.2) is 17.8 Å². The molecule has 0 aromatic carbocycles. The molecule has 3 aliphatic rings. The van der Waals surface area contributed by atoms with Crippen molar-refractivity contribution in [2.24, 2.45) is 11.8 Å². The van der Waals surface area contributed by atoms with E-state index in [2.05, 4.69) is 20.5 Å². The highest BCUT2D eigenvalue weighted by Crippen LogP contribution is 2.44. The van der Waals surface area contributed by atoms with Gasteiger partial charge in [-0.3, -0.25) is 14.2 Å². The van der Waals surface area contributed by atoms with Gasteiger partial charge in [0.2, 0.25) is 0 Å². The molecule has 12 heteroatoms. The van der Waals surface area contributed by atoms with Crippen molar-refractivity contribution in [2.45, 2.75) is 103 Å². The van der Waals surface area contributed by atoms with Gasteiger partial charge >= 0.3 is 11.9 Å². The molecule has 2 aliphatic heterocycles. The predicted octanol–water partition coefficient (Wildman–Crippen LogP) is 2.98. The van der Waals surface area contributed by atoms with E-state index in [1.54, 1.807) is 26.4 Å². The van der Waals surface area contributed by atoms with Crippen LogP contribution in [0.15, 0.2) is 12.5 Å². The Labute approximate surface area is 221 Å². The molecule has 5 rings (SSSR count). The van der Waals surface area contributed by atoms with Crippen molar-refractivity contribution in [3.8, 4) is 0 Å². The first-order chi connectivity index (χ1) is 18.0. The predicted molar refractivity (Wildman–Crippen MR) is 135 cm³/mol. The average Bonchev–Trinajstić information content (AvgIpc) is 3.61. The smallest absolute Gasteiger partial charge is 0.308 e. The Kier molecular flexibility index (Phi) is 7.31. The van der Waals surface area contributed by atoms with Gasteiger partial charge in [-0.2, -0.15) is 5.10 Å². The number of carbonyl (C=O) groups excluding carboxylic acids is 2. The van der Waals surface area contributed by atoms with E-state index < -0.39 is 30.3 Å². The van der Waals surface area contributed by atoms with Gasteiger partial charge in [0.25, 0.3) is 0 Å². The van der Waals surface area contributed by atoms with Gasteiger partial charge in [0.1, 0.15) is 36.5 Å². The molecule has 2 aromatic heterocycles. The van der Waals surface area contributed by atoms with Crippen molar-refractivity contribution in [3.05, 3.63) is 12.5 Å². The minimum atomic E-state index is -0.807. The molecule has 0 radical (unpaired) electrons. The van der Waals surface area contributed by atoms with E-state index in [9.17, 15) is 9.59 Å². The number of anilines is 1. The highest BCUT2D eigenvalue weighted by molar-refractivity contribution is 5.85. The first-order valence-corrected chi connectivity index (χ1v) is 13.4. The van der Waals surface area contributed by atoms with Crippen molar-refractivity contribution in [2.75, 3.05) is 11.9 Å². The summed E-state index contributed by atoms with van der Waals surface area (Å²) in [5, 5.41) is 11.9. The van der Waals surface area contributed by atoms with E-state index in [0.717, 1.165) is 18.4 Å². The lowest BCUT2D eigenvalue weighted by molar-refractivity contribution is -0.202. The van der Waals surface area contributed by atoms with Crippen LogP contribution in [-0.2, 0) is 33.3 Å². The Morgan fingerprint density at radius 3 is 2.61 bits per heavy atom. The van der Waals surface area contributed by atoms with Crippen LogP contribution in [0.4, 0.5) is 5.82 Å². The number of fused-ring (bicyclic) bond motifs is 2. The Morgan fingerprint density at radius 2 is 1.87 bits per heavy atom. The van der Waals surface area contributed by atoms with E-state index in [0.29, 0.717) is 17.8 Å². The van der Waals surface area contributed by atoms with Crippen LogP contribution in [0.2, 0.25) is 0 Å². The molecule has 2 aromatic rings. The third-order valence-electron chi connectivity index (χ3n) is 7.13. The molecule has 1 N–H and O–H groups in total. The number of imidazole rings is 1. The molecule has 38 heavy (non-hydrogen) atoms. The van der Waals surface area contributed by atoms with Crippen LogP contribution in [-0.4, -0.2) is 74.5 Å². The van der Waals surface area contributed by atoms with Crippen molar-refractivity contribution in [1.29, 1.82) is 0 Å². The van der Waals surface area contributed by atoms with Crippen LogP contribution in [0.5, 0.6) is 0 Å². The van der Waals surface area contributed by atoms with Crippen molar-refractivity contribution in [3.63, 3.8) is 0 Å². The SMILES string of the molecule is CC(C)C(=O)OC[C@H]1O[C@@H](n2cnc3c(N[C@@H]4CC[C@@H](OC(=O)C(C)C)C4)nncc32)[C@@H]2OC(C)(C)O[C@@H]21. The van der Waals surface area contributed by atoms with Gasteiger partial charge < -0.3 is 29.0 Å². The van der Waals surface area contributed by atoms with E-state index in [1.807, 2.05) is 32.3 Å². The first-order valence-electron chi connectivity index (χ1n) is 13.4. The van der Waals surface area contributed by atoms with Gasteiger partial charge in [0.05, 0.1) is 29.9 Å². The van der Waals surface area contributed by atoms with E-state index >= 15 is 0 Å². The lowest BCUT2D eigenvalue weighted by Gasteiger charge is -2.25. The molecule has 2 saturated heterocycles. The molecule has 3 fully saturated rings. The molecule has 208 valence electrons. The minimum Gasteiger partial charge on any atom is -0.463 e. The third kappa shape index (κ3) is 5.34. The topological polar surface area (TPSA) is 136 Å². The maximum absolute atomic E-state index is 12.1. The maximum Gasteiger partial charge on any atom is 0.308 e. The second-order valence-corrected chi connectivity index (χ2v) is 11.4. The number of ether oxygens (including phenoxy) is 5. The van der Waals surface area contributed by atoms with Crippen LogP contribution < -0.4 is 5.32 Å². The van der Waals surface area contributed by atoms with E-state index in [1.165, 1.54) is 0 Å². The zero-order valence-electron chi connectivity index (χ0n) is 22.7. The number of hydrogen-bond donors (Lipinski definition) is 1. The lowest BCUT2D eigenvalue weighted by Crippen LogP contribution is -2.34. The van der Waals surface area contributed by atoms with Gasteiger partial charge in [-0.15, -0.1) is 5.10 Å². The number of aromatic nitrogens is 4. The van der Waals surface area contributed by atoms with Crippen LogP contribution in [0, 0.1) is 11.8 Å². The van der Waals surface area contributed by atoms with E-state index in [-0.39, 0.29) is 42.5 Å². The third-order valence-corrected chi connectivity index (χ3v) is 7.13. The summed E-state index contributed by atoms with van der Waals surface area (Å²) < 4.78 is 31.6. The quantitative estimate of drug-likeness (QED) is 0.504. The van der Waals surface area contributed by atoms with Gasteiger partial charge in [-0.1, -0.05) is 27.7 Å². The summed E-state index contributed by atoms with van der Waals surface area (Å²) in [4.78, 5) is 28.7. The molecular formula is C26H37N5O7. The van der Waals surface area contributed by atoms with Crippen molar-refractivity contribution < 1.29 is 33.3 Å². The first kappa shape index (κ1) is 26.8. The normalized spacial score (nSPS) is 30.2. The van der Waals surface area contributed by atoms with Gasteiger partial charge in [-0.25, -0.2) is 4.98 Å². The zero-order valence-corrected chi connectivity index (χ0v) is 22.7. The van der Waals surface area contributed by atoms with Crippen LogP contribution in [0.3, 0.4) is 0 Å². The Hall–Kier alpha value is -2.83. The molecule has 12 nitrogen and oxygen atoms in total. The summed E-state index contributed by atoms with van der Waals surface area (Å²) in [6, 6.07) is 0.0875. The fourth-order valence-electron chi connectivity index (χ4n) is 5.19. The molecule has 0 spiro atoms. The Bertz CT molecular complexity index is 1180. The van der Waals surface area contributed by atoms with Crippen molar-refractivity contribution in [1.82, 2.24) is 19.7 Å². The molecule has 4 heterocycles. The molecule has 1 aliphatic carbocycles. The second kappa shape index (κ2) is 10.4. The number of esters is 2. The Morgan fingerprint density at radius 1 is 1.13 bits per heavy atom. The second-order valence-electron chi connectivity index (χ2n) is 11.4. The van der Waals surface area contributed by atoms with Gasteiger partial charge in [-0.05, 0) is 26.7 Å². The maximum atomic E-state index is 12.1. The Balaban J connectivity index is 1.32. The lowest BCUT2D eigenvalue weighted by atomic mass is 10.1. The summed E-state index contributed by atoms with van der Waals surface area (Å²) in [7, 11) is 0. The fourth-order valence-corrected chi connectivity index (χ4v) is 5.19. The standard InChI is InChI=1S/C26H37N5O7/c1-13(2)24(32)34-11-18-20-21(38-26(5,6)37-20)23(36-18)31-12-27-19-17(31)10-28-30-22(19)29-15-7-8-16(9-15)35-25(33)14(3)4/h10,12-16,18,20-21,23H,7-9,11H2,1-6H3,(H,29,30)/t15-,16-,18-,20-,21-,23-/m1/s1. The molecule has 0 amide bonds. The monoisotopic (exact) mass is 531 g/mol. The highest BCUT2D eigenvalue weighted by Gasteiger charge is 2.56. The summed E-state index contributed by atoms with van der Waals surface area (Å²) in [5.41, 5.74) is 1.37. The summed E-state index contributed by atoms with van der Waals surface area (Å²) >= 11 is 0. The molecule has 0 bridgehead atoms.